The Kier molecular flexibility index (Phi) is 4.14. The quantitative estimate of drug-likeness (QED) is 0.833. The number of pyridine rings is 1. The summed E-state index contributed by atoms with van der Waals surface area (Å²) in [6, 6.07) is 4.86. The van der Waals surface area contributed by atoms with Crippen molar-refractivity contribution in [3.05, 3.63) is 53.4 Å². The van der Waals surface area contributed by atoms with Gasteiger partial charge in [-0.2, -0.15) is 0 Å². The second kappa shape index (κ2) is 6.01. The number of aromatic nitrogens is 3. The molecule has 0 bridgehead atoms. The van der Waals surface area contributed by atoms with Crippen LogP contribution in [0.15, 0.2) is 30.6 Å². The van der Waals surface area contributed by atoms with Crippen LogP contribution in [0.2, 0.25) is 0 Å². The number of rotatable bonds is 5. The number of nitrogens with zero attached hydrogens (tertiary/aromatic N) is 3. The molecule has 2 heterocycles. The second-order valence-corrected chi connectivity index (χ2v) is 4.15. The minimum atomic E-state index is -1.25. The molecule has 20 heavy (non-hydrogen) atoms. The molecule has 2 aromatic rings. The van der Waals surface area contributed by atoms with E-state index in [4.69, 9.17) is 0 Å². The van der Waals surface area contributed by atoms with E-state index < -0.39 is 11.8 Å². The fraction of sp³-hybridized carbons (Fsp3) is 0.214. The highest BCUT2D eigenvalue weighted by Crippen LogP contribution is 2.12. The van der Waals surface area contributed by atoms with Gasteiger partial charge in [0.05, 0.1) is 5.56 Å². The van der Waals surface area contributed by atoms with Gasteiger partial charge in [0.2, 0.25) is 5.78 Å². The molecular weight excluding hydrogens is 258 g/mol. The predicted octanol–water partition coefficient (Wildman–Crippen LogP) is 1.75. The van der Waals surface area contributed by atoms with Gasteiger partial charge in [0, 0.05) is 18.8 Å². The highest BCUT2D eigenvalue weighted by molar-refractivity contribution is 6.12. The maximum absolute atomic E-state index is 12.2. The summed E-state index contributed by atoms with van der Waals surface area (Å²) in [5.41, 5.74) is -0.156. The fourth-order valence-electron chi connectivity index (χ4n) is 1.73. The lowest BCUT2D eigenvalue weighted by Crippen LogP contribution is -2.15. The Morgan fingerprint density at radius 2 is 2.05 bits per heavy atom. The van der Waals surface area contributed by atoms with Crippen LogP contribution in [0.4, 0.5) is 0 Å². The van der Waals surface area contributed by atoms with Crippen LogP contribution < -0.4 is 0 Å². The van der Waals surface area contributed by atoms with Crippen LogP contribution >= 0.6 is 0 Å². The Labute approximate surface area is 115 Å². The number of carboxylic acids is 1. The molecule has 0 saturated heterocycles. The lowest BCUT2D eigenvalue weighted by molar-refractivity contribution is 0.0685. The fourth-order valence-corrected chi connectivity index (χ4v) is 1.73. The molecule has 0 unspecified atom stereocenters. The van der Waals surface area contributed by atoms with E-state index in [2.05, 4.69) is 15.0 Å². The molecule has 2 rings (SSSR count). The number of hydrogen-bond acceptors (Lipinski definition) is 5. The van der Waals surface area contributed by atoms with E-state index in [1.54, 1.807) is 12.1 Å². The largest absolute Gasteiger partial charge is 0.476 e. The first kappa shape index (κ1) is 13.8. The molecule has 0 atom stereocenters. The Morgan fingerprint density at radius 1 is 1.25 bits per heavy atom. The van der Waals surface area contributed by atoms with Gasteiger partial charge in [-0.25, -0.2) is 14.8 Å². The summed E-state index contributed by atoms with van der Waals surface area (Å²) >= 11 is 0. The molecule has 2 aromatic heterocycles. The van der Waals surface area contributed by atoms with Crippen LogP contribution in [0.5, 0.6) is 0 Å². The summed E-state index contributed by atoms with van der Waals surface area (Å²) in [7, 11) is 0. The summed E-state index contributed by atoms with van der Waals surface area (Å²) in [5.74, 6) is -1.32. The van der Waals surface area contributed by atoms with E-state index in [0.29, 0.717) is 12.2 Å². The van der Waals surface area contributed by atoms with Crippen molar-refractivity contribution in [2.24, 2.45) is 0 Å². The highest BCUT2D eigenvalue weighted by atomic mass is 16.4. The topological polar surface area (TPSA) is 93.0 Å². The molecule has 6 heteroatoms. The number of carboxylic acid groups (broad SMARTS) is 1. The van der Waals surface area contributed by atoms with Crippen LogP contribution in [0, 0.1) is 0 Å². The first-order valence-corrected chi connectivity index (χ1v) is 6.18. The average molecular weight is 271 g/mol. The van der Waals surface area contributed by atoms with Crippen molar-refractivity contribution in [1.29, 1.82) is 0 Å². The van der Waals surface area contributed by atoms with Crippen molar-refractivity contribution >= 4 is 11.8 Å². The number of carbonyl (C=O) groups is 2. The van der Waals surface area contributed by atoms with Crippen molar-refractivity contribution < 1.29 is 14.7 Å². The lowest BCUT2D eigenvalue weighted by Gasteiger charge is -2.05. The molecule has 0 fully saturated rings. The normalized spacial score (nSPS) is 10.2. The molecule has 0 amide bonds. The number of aryl methyl sites for hydroxylation is 1. The van der Waals surface area contributed by atoms with Gasteiger partial charge in [0.25, 0.3) is 0 Å². The van der Waals surface area contributed by atoms with E-state index >= 15 is 0 Å². The van der Waals surface area contributed by atoms with Crippen molar-refractivity contribution in [2.75, 3.05) is 0 Å². The molecule has 102 valence electrons. The predicted molar refractivity (Wildman–Crippen MR) is 70.7 cm³/mol. The summed E-state index contributed by atoms with van der Waals surface area (Å²) in [6.07, 6.45) is 4.10. The zero-order valence-corrected chi connectivity index (χ0v) is 10.9. The minimum Gasteiger partial charge on any atom is -0.476 e. The number of carbonyl (C=O) groups excluding carboxylic acids is 1. The number of aromatic carboxylic acids is 1. The van der Waals surface area contributed by atoms with E-state index in [-0.39, 0.29) is 17.0 Å². The zero-order valence-electron chi connectivity index (χ0n) is 10.9. The average Bonchev–Trinajstić information content (AvgIpc) is 2.47. The maximum Gasteiger partial charge on any atom is 0.355 e. The summed E-state index contributed by atoms with van der Waals surface area (Å²) < 4.78 is 0. The van der Waals surface area contributed by atoms with Crippen molar-refractivity contribution in [2.45, 2.75) is 19.8 Å². The van der Waals surface area contributed by atoms with Gasteiger partial charge in [-0.3, -0.25) is 9.78 Å². The standard InChI is InChI=1S/C14H13N3O3/c1-2-5-11-16-8-9(12(17-11)14(19)20)13(18)10-6-3-4-7-15-10/h3-4,6-8H,2,5H2,1H3,(H,19,20). The Balaban J connectivity index is 2.46. The van der Waals surface area contributed by atoms with Crippen molar-refractivity contribution in [1.82, 2.24) is 15.0 Å². The van der Waals surface area contributed by atoms with E-state index in [9.17, 15) is 14.7 Å². The van der Waals surface area contributed by atoms with Gasteiger partial charge in [0.15, 0.2) is 5.69 Å². The van der Waals surface area contributed by atoms with Gasteiger partial charge in [0.1, 0.15) is 11.5 Å². The zero-order chi connectivity index (χ0) is 14.5. The molecule has 1 N–H and O–H groups in total. The monoisotopic (exact) mass is 271 g/mol. The van der Waals surface area contributed by atoms with E-state index in [1.165, 1.54) is 18.5 Å². The first-order valence-electron chi connectivity index (χ1n) is 6.18. The highest BCUT2D eigenvalue weighted by Gasteiger charge is 2.21. The summed E-state index contributed by atoms with van der Waals surface area (Å²) in [6.45, 7) is 1.94. The minimum absolute atomic E-state index is 0.0453. The van der Waals surface area contributed by atoms with Gasteiger partial charge in [-0.15, -0.1) is 0 Å². The third kappa shape index (κ3) is 2.85. The van der Waals surface area contributed by atoms with Crippen LogP contribution in [-0.2, 0) is 6.42 Å². The third-order valence-corrected chi connectivity index (χ3v) is 2.66. The van der Waals surface area contributed by atoms with Gasteiger partial charge in [-0.05, 0) is 18.6 Å². The van der Waals surface area contributed by atoms with E-state index in [1.807, 2.05) is 6.92 Å². The first-order chi connectivity index (χ1) is 9.63. The van der Waals surface area contributed by atoms with Crippen LogP contribution in [0.25, 0.3) is 0 Å². The molecule has 0 saturated carbocycles. The van der Waals surface area contributed by atoms with E-state index in [0.717, 1.165) is 6.42 Å². The Bertz CT molecular complexity index is 641. The van der Waals surface area contributed by atoms with Crippen molar-refractivity contribution in [3.63, 3.8) is 0 Å². The maximum atomic E-state index is 12.2. The third-order valence-electron chi connectivity index (χ3n) is 2.66. The van der Waals surface area contributed by atoms with Crippen LogP contribution in [0.3, 0.4) is 0 Å². The molecular formula is C14H13N3O3. The number of hydrogen-bond donors (Lipinski definition) is 1. The van der Waals surface area contributed by atoms with Gasteiger partial charge < -0.3 is 5.11 Å². The summed E-state index contributed by atoms with van der Waals surface area (Å²) in [4.78, 5) is 35.4. The lowest BCUT2D eigenvalue weighted by atomic mass is 10.1. The molecule has 0 aromatic carbocycles. The SMILES string of the molecule is CCCc1ncc(C(=O)c2ccccn2)c(C(=O)O)n1. The molecule has 0 aliphatic heterocycles. The second-order valence-electron chi connectivity index (χ2n) is 4.15. The molecule has 0 radical (unpaired) electrons. The summed E-state index contributed by atoms with van der Waals surface area (Å²) in [5, 5.41) is 9.19. The van der Waals surface area contributed by atoms with Crippen LogP contribution in [0.1, 0.15) is 45.7 Å². The van der Waals surface area contributed by atoms with Gasteiger partial charge >= 0.3 is 5.97 Å². The van der Waals surface area contributed by atoms with Crippen molar-refractivity contribution in [3.8, 4) is 0 Å². The molecule has 6 nitrogen and oxygen atoms in total. The number of ketones is 1. The molecule has 0 aliphatic carbocycles. The Morgan fingerprint density at radius 3 is 2.65 bits per heavy atom. The van der Waals surface area contributed by atoms with Crippen LogP contribution in [-0.4, -0.2) is 31.8 Å². The van der Waals surface area contributed by atoms with Gasteiger partial charge in [-0.1, -0.05) is 13.0 Å². The Hall–Kier alpha value is -2.63. The molecule has 0 aliphatic rings. The smallest absolute Gasteiger partial charge is 0.355 e. The molecule has 0 spiro atoms.